The lowest BCUT2D eigenvalue weighted by molar-refractivity contribution is 0.373. The van der Waals surface area contributed by atoms with Crippen LogP contribution in [0.15, 0.2) is 69.7 Å². The number of phenolic OH excluding ortho intramolecular Hbond substituents is 1. The fourth-order valence-corrected chi connectivity index (χ4v) is 2.52. The molecule has 0 saturated heterocycles. The number of hydrogen-bond donors (Lipinski definition) is 3. The largest absolute Gasteiger partial charge is 0.504 e. The van der Waals surface area contributed by atoms with Crippen LogP contribution in [0.2, 0.25) is 0 Å². The molecule has 0 unspecified atom stereocenters. The second-order valence-electron chi connectivity index (χ2n) is 5.85. The highest BCUT2D eigenvalue weighted by Crippen LogP contribution is 2.25. The van der Waals surface area contributed by atoms with Gasteiger partial charge in [0.1, 0.15) is 11.6 Å². The molecule has 1 heterocycles. The Morgan fingerprint density at radius 1 is 1.17 bits per heavy atom. The lowest BCUT2D eigenvalue weighted by atomic mass is 10.1. The van der Waals surface area contributed by atoms with E-state index in [2.05, 4.69) is 20.5 Å². The molecule has 0 aliphatic heterocycles. The van der Waals surface area contributed by atoms with E-state index in [0.717, 1.165) is 5.69 Å². The number of methoxy groups -OCH3 is 1. The summed E-state index contributed by atoms with van der Waals surface area (Å²) < 4.78 is 5.05. The van der Waals surface area contributed by atoms with Gasteiger partial charge in [-0.05, 0) is 35.9 Å². The van der Waals surface area contributed by atoms with E-state index < -0.39 is 5.56 Å². The summed E-state index contributed by atoms with van der Waals surface area (Å²) in [6.07, 6.45) is 4.37. The summed E-state index contributed by atoms with van der Waals surface area (Å²) in [5.74, 6) is 0.355. The smallest absolute Gasteiger partial charge is 0.268 e. The fourth-order valence-electron chi connectivity index (χ4n) is 2.52. The number of rotatable bonds is 6. The van der Waals surface area contributed by atoms with Gasteiger partial charge in [-0.1, -0.05) is 18.2 Å². The maximum absolute atomic E-state index is 12.0. The second-order valence-corrected chi connectivity index (χ2v) is 5.85. The van der Waals surface area contributed by atoms with Crippen molar-refractivity contribution in [2.24, 2.45) is 10.2 Å². The lowest BCUT2D eigenvalue weighted by Crippen LogP contribution is -2.14. The van der Waals surface area contributed by atoms with E-state index in [4.69, 9.17) is 4.74 Å². The Labute approximate surface area is 166 Å². The average molecular weight is 387 g/mol. The van der Waals surface area contributed by atoms with Crippen LogP contribution in [-0.2, 0) is 0 Å². The van der Waals surface area contributed by atoms with Gasteiger partial charge in [0.2, 0.25) is 0 Å². The molecule has 29 heavy (non-hydrogen) atoms. The summed E-state index contributed by atoms with van der Waals surface area (Å²) in [4.78, 5) is 14.5. The van der Waals surface area contributed by atoms with Crippen LogP contribution < -0.4 is 15.6 Å². The first-order chi connectivity index (χ1) is 14.1. The van der Waals surface area contributed by atoms with Crippen LogP contribution in [0.3, 0.4) is 0 Å². The standard InChI is InChI=1S/C21H17N5O3/c1-29-19-9-14(7-8-18(19)27)11-24-25-13-15-12-23-21(28)17(10-22)20(15)26-16-5-3-2-4-6-16/h2-9,11-13,27H,1H3,(H2,23,26,28)/b24-11-,25-13-. The Hall–Kier alpha value is -4.38. The lowest BCUT2D eigenvalue weighted by Gasteiger charge is -2.10. The highest BCUT2D eigenvalue weighted by atomic mass is 16.5. The van der Waals surface area contributed by atoms with Crippen molar-refractivity contribution in [2.45, 2.75) is 0 Å². The molecule has 0 fully saturated rings. The summed E-state index contributed by atoms with van der Waals surface area (Å²) in [7, 11) is 1.46. The van der Waals surface area contributed by atoms with Gasteiger partial charge in [0.15, 0.2) is 11.5 Å². The molecule has 3 rings (SSSR count). The van der Waals surface area contributed by atoms with Crippen molar-refractivity contribution in [3.8, 4) is 17.6 Å². The summed E-state index contributed by atoms with van der Waals surface area (Å²) in [5, 5.41) is 30.0. The van der Waals surface area contributed by atoms with Crippen LogP contribution in [-0.4, -0.2) is 29.6 Å². The monoisotopic (exact) mass is 387 g/mol. The van der Waals surface area contributed by atoms with Gasteiger partial charge >= 0.3 is 0 Å². The normalized spacial score (nSPS) is 10.9. The van der Waals surface area contributed by atoms with Crippen LogP contribution in [0.4, 0.5) is 11.4 Å². The first kappa shape index (κ1) is 19.4. The number of aromatic hydroxyl groups is 1. The van der Waals surface area contributed by atoms with E-state index in [-0.39, 0.29) is 11.3 Å². The van der Waals surface area contributed by atoms with Gasteiger partial charge in [0, 0.05) is 17.4 Å². The van der Waals surface area contributed by atoms with Gasteiger partial charge < -0.3 is 20.1 Å². The van der Waals surface area contributed by atoms with E-state index in [9.17, 15) is 15.2 Å². The molecule has 8 heteroatoms. The van der Waals surface area contributed by atoms with E-state index in [1.807, 2.05) is 36.4 Å². The number of aromatic amines is 1. The molecule has 0 radical (unpaired) electrons. The number of nitrogens with one attached hydrogen (secondary N) is 2. The zero-order valence-electron chi connectivity index (χ0n) is 15.5. The number of ether oxygens (including phenoxy) is 1. The number of benzene rings is 2. The number of pyridine rings is 1. The molecule has 0 spiro atoms. The number of aromatic nitrogens is 1. The zero-order chi connectivity index (χ0) is 20.6. The summed E-state index contributed by atoms with van der Waals surface area (Å²) in [6, 6.07) is 15.9. The van der Waals surface area contributed by atoms with E-state index in [0.29, 0.717) is 22.6 Å². The van der Waals surface area contributed by atoms with Gasteiger partial charge in [0.05, 0.1) is 25.2 Å². The van der Waals surface area contributed by atoms with E-state index in [1.54, 1.807) is 12.1 Å². The molecular weight excluding hydrogens is 370 g/mol. The highest BCUT2D eigenvalue weighted by Gasteiger charge is 2.11. The van der Waals surface area contributed by atoms with Crippen LogP contribution in [0, 0.1) is 11.3 Å². The molecule has 0 amide bonds. The topological polar surface area (TPSA) is 123 Å². The minimum atomic E-state index is -0.497. The molecule has 1 aromatic heterocycles. The number of nitrogens with zero attached hydrogens (tertiary/aromatic N) is 3. The number of para-hydroxylation sites is 1. The third kappa shape index (κ3) is 4.67. The predicted octanol–water partition coefficient (Wildman–Crippen LogP) is 3.16. The molecule has 8 nitrogen and oxygen atoms in total. The van der Waals surface area contributed by atoms with Crippen molar-refractivity contribution < 1.29 is 9.84 Å². The number of H-pyrrole nitrogens is 1. The van der Waals surface area contributed by atoms with Crippen LogP contribution >= 0.6 is 0 Å². The van der Waals surface area contributed by atoms with Crippen molar-refractivity contribution >= 4 is 23.8 Å². The predicted molar refractivity (Wildman–Crippen MR) is 111 cm³/mol. The molecule has 144 valence electrons. The molecule has 0 bridgehead atoms. The summed E-state index contributed by atoms with van der Waals surface area (Å²) in [6.45, 7) is 0. The summed E-state index contributed by atoms with van der Waals surface area (Å²) >= 11 is 0. The minimum absolute atomic E-state index is 0.0297. The molecule has 0 aliphatic carbocycles. The van der Waals surface area contributed by atoms with Gasteiger partial charge in [0.25, 0.3) is 5.56 Å². The van der Waals surface area contributed by atoms with Crippen molar-refractivity contribution in [3.05, 3.63) is 81.8 Å². The quantitative estimate of drug-likeness (QED) is 0.443. The SMILES string of the molecule is COc1cc(/C=N\N=C/c2c[nH]c(=O)c(C#N)c2Nc2ccccc2)ccc1O. The second kappa shape index (κ2) is 9.01. The number of anilines is 2. The fraction of sp³-hybridized carbons (Fsp3) is 0.0476. The van der Waals surface area contributed by atoms with E-state index >= 15 is 0 Å². The van der Waals surface area contributed by atoms with Crippen molar-refractivity contribution in [1.29, 1.82) is 5.26 Å². The maximum Gasteiger partial charge on any atom is 0.268 e. The van der Waals surface area contributed by atoms with Crippen LogP contribution in [0.1, 0.15) is 16.7 Å². The van der Waals surface area contributed by atoms with E-state index in [1.165, 1.54) is 31.8 Å². The highest BCUT2D eigenvalue weighted by molar-refractivity contribution is 5.91. The molecule has 0 atom stereocenters. The van der Waals surface area contributed by atoms with Gasteiger partial charge in [-0.2, -0.15) is 15.5 Å². The molecule has 3 N–H and O–H groups in total. The third-order valence-electron chi connectivity index (χ3n) is 3.95. The Kier molecular flexibility index (Phi) is 6.02. The first-order valence-corrected chi connectivity index (χ1v) is 8.53. The van der Waals surface area contributed by atoms with Crippen molar-refractivity contribution in [2.75, 3.05) is 12.4 Å². The molecule has 0 aliphatic rings. The van der Waals surface area contributed by atoms with Gasteiger partial charge in [-0.25, -0.2) is 0 Å². The zero-order valence-corrected chi connectivity index (χ0v) is 15.5. The van der Waals surface area contributed by atoms with Crippen molar-refractivity contribution in [1.82, 2.24) is 4.98 Å². The Morgan fingerprint density at radius 3 is 2.66 bits per heavy atom. The third-order valence-corrected chi connectivity index (χ3v) is 3.95. The minimum Gasteiger partial charge on any atom is -0.504 e. The maximum atomic E-state index is 12.0. The Bertz CT molecular complexity index is 1160. The first-order valence-electron chi connectivity index (χ1n) is 8.53. The molecule has 2 aromatic carbocycles. The van der Waals surface area contributed by atoms with Gasteiger partial charge in [-0.15, -0.1) is 0 Å². The molecular formula is C21H17N5O3. The summed E-state index contributed by atoms with van der Waals surface area (Å²) in [5.41, 5.74) is 1.69. The number of nitriles is 1. The van der Waals surface area contributed by atoms with Crippen molar-refractivity contribution in [3.63, 3.8) is 0 Å². The Morgan fingerprint density at radius 2 is 1.93 bits per heavy atom. The number of phenols is 1. The van der Waals surface area contributed by atoms with Crippen LogP contribution in [0.25, 0.3) is 0 Å². The number of hydrogen-bond acceptors (Lipinski definition) is 7. The average Bonchev–Trinajstić information content (AvgIpc) is 2.74. The molecule has 3 aromatic rings. The Balaban J connectivity index is 1.88. The molecule has 0 saturated carbocycles. The van der Waals surface area contributed by atoms with Gasteiger partial charge in [-0.3, -0.25) is 4.79 Å². The van der Waals surface area contributed by atoms with Crippen LogP contribution in [0.5, 0.6) is 11.5 Å².